The molecule has 0 spiro atoms. The summed E-state index contributed by atoms with van der Waals surface area (Å²) in [4.78, 5) is 13.3. The Morgan fingerprint density at radius 3 is 2.37 bits per heavy atom. The Hall–Kier alpha value is -2.00. The molecule has 1 amide bonds. The van der Waals surface area contributed by atoms with Gasteiger partial charge in [0.2, 0.25) is 10.0 Å². The Bertz CT molecular complexity index is 914. The molecule has 3 rings (SSSR count). The lowest BCUT2D eigenvalue weighted by molar-refractivity contribution is -0.895. The average Bonchev–Trinajstić information content (AvgIpc) is 2.64. The van der Waals surface area contributed by atoms with Crippen molar-refractivity contribution in [2.24, 2.45) is 0 Å². The van der Waals surface area contributed by atoms with E-state index in [1.165, 1.54) is 28.6 Å². The van der Waals surface area contributed by atoms with Crippen molar-refractivity contribution >= 4 is 33.2 Å². The van der Waals surface area contributed by atoms with Gasteiger partial charge in [-0.2, -0.15) is 4.31 Å². The Balaban J connectivity index is 1.55. The first kappa shape index (κ1) is 19.8. The summed E-state index contributed by atoms with van der Waals surface area (Å²) in [5.41, 5.74) is 0.144. The molecule has 0 aromatic heterocycles. The van der Waals surface area contributed by atoms with Crippen molar-refractivity contribution in [1.29, 1.82) is 0 Å². The molecule has 1 fully saturated rings. The van der Waals surface area contributed by atoms with E-state index in [1.807, 2.05) is 0 Å². The summed E-state index contributed by atoms with van der Waals surface area (Å²) in [7, 11) is -3.57. The minimum atomic E-state index is -3.57. The van der Waals surface area contributed by atoms with Gasteiger partial charge < -0.3 is 10.2 Å². The highest BCUT2D eigenvalue weighted by Crippen LogP contribution is 2.18. The maximum atomic E-state index is 13.6. The summed E-state index contributed by atoms with van der Waals surface area (Å²) in [6.45, 7) is 1.78. The van der Waals surface area contributed by atoms with Gasteiger partial charge in [0.1, 0.15) is 5.82 Å². The van der Waals surface area contributed by atoms with E-state index in [1.54, 1.807) is 24.3 Å². The molecular formula is C18H20ClFN3O3S+. The Kier molecular flexibility index (Phi) is 6.11. The average molecular weight is 413 g/mol. The van der Waals surface area contributed by atoms with E-state index < -0.39 is 15.8 Å². The molecule has 0 bridgehead atoms. The summed E-state index contributed by atoms with van der Waals surface area (Å²) in [6, 6.07) is 12.0. The molecule has 0 radical (unpaired) electrons. The third-order valence-corrected chi connectivity index (χ3v) is 6.60. The molecule has 1 saturated heterocycles. The predicted molar refractivity (Wildman–Crippen MR) is 101 cm³/mol. The molecule has 2 aromatic carbocycles. The molecule has 6 nitrogen and oxygen atoms in total. The highest BCUT2D eigenvalue weighted by Gasteiger charge is 2.31. The van der Waals surface area contributed by atoms with Gasteiger partial charge in [0.05, 0.1) is 36.8 Å². The number of halogens is 2. The fourth-order valence-electron chi connectivity index (χ4n) is 2.96. The first-order valence-corrected chi connectivity index (χ1v) is 10.3. The zero-order valence-corrected chi connectivity index (χ0v) is 16.1. The normalized spacial score (nSPS) is 16.2. The minimum Gasteiger partial charge on any atom is -0.325 e. The van der Waals surface area contributed by atoms with Gasteiger partial charge in [-0.1, -0.05) is 23.7 Å². The number of hydrogen-bond acceptors (Lipinski definition) is 3. The number of sulfonamides is 1. The molecule has 1 aliphatic rings. The number of carbonyl (C=O) groups excluding carboxylic acids is 1. The number of rotatable bonds is 5. The standard InChI is InChI=1S/C18H19ClFN3O3S/c19-14-5-7-15(8-6-14)27(25,26)23-11-9-22(10-12-23)13-18(24)21-17-4-2-1-3-16(17)20/h1-8H,9-13H2,(H,21,24)/p+1. The van der Waals surface area contributed by atoms with Crippen LogP contribution in [0.25, 0.3) is 0 Å². The lowest BCUT2D eigenvalue weighted by atomic mass is 10.3. The van der Waals surface area contributed by atoms with Gasteiger partial charge in [-0.15, -0.1) is 0 Å². The van der Waals surface area contributed by atoms with E-state index in [0.29, 0.717) is 31.2 Å². The number of hydrogen-bond donors (Lipinski definition) is 2. The van der Waals surface area contributed by atoms with Gasteiger partial charge in [0.15, 0.2) is 6.54 Å². The minimum absolute atomic E-state index is 0.144. The number of amides is 1. The third-order valence-electron chi connectivity index (χ3n) is 4.44. The summed E-state index contributed by atoms with van der Waals surface area (Å²) >= 11 is 5.81. The Morgan fingerprint density at radius 2 is 1.74 bits per heavy atom. The van der Waals surface area contributed by atoms with Crippen molar-refractivity contribution in [3.8, 4) is 0 Å². The quantitative estimate of drug-likeness (QED) is 0.770. The zero-order valence-electron chi connectivity index (χ0n) is 14.5. The number of nitrogens with one attached hydrogen (secondary N) is 2. The van der Waals surface area contributed by atoms with Crippen molar-refractivity contribution in [3.63, 3.8) is 0 Å². The molecule has 9 heteroatoms. The van der Waals surface area contributed by atoms with Crippen molar-refractivity contribution in [2.45, 2.75) is 4.90 Å². The molecule has 0 saturated carbocycles. The van der Waals surface area contributed by atoms with E-state index in [2.05, 4.69) is 5.32 Å². The van der Waals surface area contributed by atoms with Crippen LogP contribution in [0.15, 0.2) is 53.4 Å². The van der Waals surface area contributed by atoms with Crippen LogP contribution in [0.5, 0.6) is 0 Å². The van der Waals surface area contributed by atoms with E-state index >= 15 is 0 Å². The Morgan fingerprint density at radius 1 is 1.11 bits per heavy atom. The molecule has 2 aromatic rings. The van der Waals surface area contributed by atoms with Gasteiger partial charge in [0.25, 0.3) is 5.91 Å². The van der Waals surface area contributed by atoms with Crippen LogP contribution in [0.3, 0.4) is 0 Å². The number of benzene rings is 2. The van der Waals surface area contributed by atoms with E-state index in [-0.39, 0.29) is 23.0 Å². The van der Waals surface area contributed by atoms with E-state index in [9.17, 15) is 17.6 Å². The monoisotopic (exact) mass is 412 g/mol. The zero-order chi connectivity index (χ0) is 19.4. The molecule has 2 N–H and O–H groups in total. The van der Waals surface area contributed by atoms with Crippen LogP contribution in [0.4, 0.5) is 10.1 Å². The summed E-state index contributed by atoms with van der Waals surface area (Å²) in [5.74, 6) is -0.788. The second-order valence-electron chi connectivity index (χ2n) is 6.31. The second kappa shape index (κ2) is 8.35. The van der Waals surface area contributed by atoms with Gasteiger partial charge in [-0.25, -0.2) is 12.8 Å². The largest absolute Gasteiger partial charge is 0.325 e. The van der Waals surface area contributed by atoms with E-state index in [4.69, 9.17) is 11.6 Å². The number of anilines is 1. The second-order valence-corrected chi connectivity index (χ2v) is 8.69. The fraction of sp³-hybridized carbons (Fsp3) is 0.278. The van der Waals surface area contributed by atoms with Crippen LogP contribution < -0.4 is 10.2 Å². The molecule has 144 valence electrons. The SMILES string of the molecule is O=C(C[NH+]1CCN(S(=O)(=O)c2ccc(Cl)cc2)CC1)Nc1ccccc1F. The number of carbonyl (C=O) groups is 1. The van der Waals surface area contributed by atoms with Gasteiger partial charge >= 0.3 is 0 Å². The van der Waals surface area contributed by atoms with Gasteiger partial charge in [0, 0.05) is 5.02 Å². The molecule has 1 heterocycles. The molecule has 0 atom stereocenters. The summed E-state index contributed by atoms with van der Waals surface area (Å²) in [6.07, 6.45) is 0. The maximum Gasteiger partial charge on any atom is 0.279 e. The van der Waals surface area contributed by atoms with E-state index in [0.717, 1.165) is 4.90 Å². The van der Waals surface area contributed by atoms with Gasteiger partial charge in [-0.05, 0) is 36.4 Å². The Labute approximate surface area is 162 Å². The van der Waals surface area contributed by atoms with Crippen LogP contribution in [-0.2, 0) is 14.8 Å². The topological polar surface area (TPSA) is 70.9 Å². The van der Waals surface area contributed by atoms with Crippen molar-refractivity contribution in [2.75, 3.05) is 38.0 Å². The number of piperazine rings is 1. The molecule has 0 aliphatic carbocycles. The first-order valence-electron chi connectivity index (χ1n) is 8.50. The maximum absolute atomic E-state index is 13.6. The smallest absolute Gasteiger partial charge is 0.279 e. The van der Waals surface area contributed by atoms with Crippen molar-refractivity contribution in [3.05, 3.63) is 59.4 Å². The lowest BCUT2D eigenvalue weighted by Crippen LogP contribution is -3.15. The molecular weight excluding hydrogens is 393 g/mol. The lowest BCUT2D eigenvalue weighted by Gasteiger charge is -2.31. The highest BCUT2D eigenvalue weighted by atomic mass is 35.5. The molecule has 0 unspecified atom stereocenters. The van der Waals surface area contributed by atoms with Crippen LogP contribution in [0, 0.1) is 5.82 Å². The van der Waals surface area contributed by atoms with Crippen molar-refractivity contribution < 1.29 is 22.5 Å². The van der Waals surface area contributed by atoms with Crippen LogP contribution >= 0.6 is 11.6 Å². The summed E-state index contributed by atoms with van der Waals surface area (Å²) < 4.78 is 40.3. The van der Waals surface area contributed by atoms with Crippen LogP contribution in [0.1, 0.15) is 0 Å². The predicted octanol–water partition coefficient (Wildman–Crippen LogP) is 1.01. The number of para-hydroxylation sites is 1. The third kappa shape index (κ3) is 4.84. The van der Waals surface area contributed by atoms with Crippen molar-refractivity contribution in [1.82, 2.24) is 4.31 Å². The van der Waals surface area contributed by atoms with Gasteiger partial charge in [-0.3, -0.25) is 4.79 Å². The number of quaternary nitrogens is 1. The van der Waals surface area contributed by atoms with Crippen LogP contribution in [-0.4, -0.2) is 51.4 Å². The molecule has 1 aliphatic heterocycles. The fourth-order valence-corrected chi connectivity index (χ4v) is 4.53. The summed E-state index contributed by atoms with van der Waals surface area (Å²) in [5, 5.41) is 3.03. The first-order chi connectivity index (χ1) is 12.9. The molecule has 27 heavy (non-hydrogen) atoms. The highest BCUT2D eigenvalue weighted by molar-refractivity contribution is 7.89. The number of nitrogens with zero attached hydrogens (tertiary/aromatic N) is 1. The van der Waals surface area contributed by atoms with Crippen LogP contribution in [0.2, 0.25) is 5.02 Å².